The molecule has 1 heterocycles. The second kappa shape index (κ2) is 5.95. The number of amides is 1. The lowest BCUT2D eigenvalue weighted by Gasteiger charge is -2.34. The highest BCUT2D eigenvalue weighted by molar-refractivity contribution is 5.79. The minimum Gasteiger partial charge on any atom is -0.367 e. The molecule has 1 fully saturated rings. The summed E-state index contributed by atoms with van der Waals surface area (Å²) in [5.74, 6) is -1.61. The number of piperidine rings is 1. The van der Waals surface area contributed by atoms with Crippen LogP contribution < -0.4 is 10.2 Å². The largest absolute Gasteiger partial charge is 0.367 e. The Morgan fingerprint density at radius 1 is 1.37 bits per heavy atom. The zero-order chi connectivity index (χ0) is 13.8. The first-order chi connectivity index (χ1) is 9.08. The maximum Gasteiger partial charge on any atom is 0.315 e. The van der Waals surface area contributed by atoms with E-state index in [4.69, 9.17) is 0 Å². The maximum atomic E-state index is 13.6. The van der Waals surface area contributed by atoms with Crippen LogP contribution in [0.3, 0.4) is 0 Å². The molecular weight excluding hydrogens is 257 g/mol. The molecule has 1 aliphatic heterocycles. The fraction of sp³-hybridized carbons (Fsp3) is 0.462. The number of carbonyl (C=O) groups excluding carboxylic acids is 1. The molecule has 1 saturated heterocycles. The number of hydrogen-bond donors (Lipinski definition) is 1. The quantitative estimate of drug-likeness (QED) is 0.914. The van der Waals surface area contributed by atoms with E-state index in [-0.39, 0.29) is 11.9 Å². The van der Waals surface area contributed by atoms with Crippen LogP contribution in [0.15, 0.2) is 24.3 Å². The summed E-state index contributed by atoms with van der Waals surface area (Å²) in [6.45, 7) is 1.00. The van der Waals surface area contributed by atoms with Crippen molar-refractivity contribution in [1.29, 1.82) is 0 Å². The Morgan fingerprint density at radius 2 is 2.11 bits per heavy atom. The van der Waals surface area contributed by atoms with Crippen molar-refractivity contribution in [2.75, 3.05) is 18.0 Å². The Morgan fingerprint density at radius 3 is 2.79 bits per heavy atom. The van der Waals surface area contributed by atoms with Crippen LogP contribution in [0.25, 0.3) is 0 Å². The smallest absolute Gasteiger partial charge is 0.315 e. The van der Waals surface area contributed by atoms with Gasteiger partial charge >= 0.3 is 6.43 Å². The first-order valence-electron chi connectivity index (χ1n) is 6.16. The van der Waals surface area contributed by atoms with Gasteiger partial charge in [0.1, 0.15) is 5.82 Å². The molecular formula is C13H15F3N2O. The third kappa shape index (κ3) is 3.39. The summed E-state index contributed by atoms with van der Waals surface area (Å²) < 4.78 is 38.0. The first kappa shape index (κ1) is 13.7. The van der Waals surface area contributed by atoms with E-state index in [0.717, 1.165) is 6.42 Å². The average Bonchev–Trinajstić information content (AvgIpc) is 2.39. The van der Waals surface area contributed by atoms with Gasteiger partial charge in [0.25, 0.3) is 5.91 Å². The lowest BCUT2D eigenvalue weighted by atomic mass is 10.0. The molecule has 0 unspecified atom stereocenters. The van der Waals surface area contributed by atoms with Gasteiger partial charge in [0.05, 0.1) is 5.69 Å². The number of alkyl halides is 2. The van der Waals surface area contributed by atoms with Gasteiger partial charge in [-0.15, -0.1) is 0 Å². The summed E-state index contributed by atoms with van der Waals surface area (Å²) in [6, 6.07) is 5.96. The zero-order valence-electron chi connectivity index (χ0n) is 10.3. The highest BCUT2D eigenvalue weighted by Gasteiger charge is 2.25. The van der Waals surface area contributed by atoms with Crippen molar-refractivity contribution in [3.05, 3.63) is 30.1 Å². The lowest BCUT2D eigenvalue weighted by molar-refractivity contribution is -0.132. The minimum atomic E-state index is -3.01. The molecule has 3 nitrogen and oxygen atoms in total. The molecule has 1 aromatic carbocycles. The SMILES string of the molecule is O=C(N[C@@H]1CCCN(c2ccccc2F)C1)C(F)F. The standard InChI is InChI=1S/C13H15F3N2O/c14-10-5-1-2-6-11(10)18-7-3-4-9(8-18)17-13(19)12(15)16/h1-2,5-6,9,12H,3-4,7-8H2,(H,17,19)/t9-/m1/s1. The van der Waals surface area contributed by atoms with E-state index in [1.165, 1.54) is 6.07 Å². The van der Waals surface area contributed by atoms with Gasteiger partial charge in [0, 0.05) is 19.1 Å². The number of nitrogens with zero attached hydrogens (tertiary/aromatic N) is 1. The predicted molar refractivity (Wildman–Crippen MR) is 65.8 cm³/mol. The number of halogens is 3. The molecule has 0 aromatic heterocycles. The summed E-state index contributed by atoms with van der Waals surface area (Å²) in [7, 11) is 0. The summed E-state index contributed by atoms with van der Waals surface area (Å²) in [6.07, 6.45) is -1.66. The molecule has 1 aliphatic rings. The summed E-state index contributed by atoms with van der Waals surface area (Å²) >= 11 is 0. The Bertz CT molecular complexity index is 453. The van der Waals surface area contributed by atoms with E-state index < -0.39 is 12.3 Å². The molecule has 1 N–H and O–H groups in total. The highest BCUT2D eigenvalue weighted by Crippen LogP contribution is 2.22. The Kier molecular flexibility index (Phi) is 4.29. The van der Waals surface area contributed by atoms with Crippen LogP contribution in [0.2, 0.25) is 0 Å². The number of para-hydroxylation sites is 1. The van der Waals surface area contributed by atoms with E-state index in [1.807, 2.05) is 0 Å². The van der Waals surface area contributed by atoms with E-state index in [9.17, 15) is 18.0 Å². The lowest BCUT2D eigenvalue weighted by Crippen LogP contribution is -2.49. The number of carbonyl (C=O) groups is 1. The molecule has 0 saturated carbocycles. The monoisotopic (exact) mass is 272 g/mol. The maximum absolute atomic E-state index is 13.6. The van der Waals surface area contributed by atoms with Crippen molar-refractivity contribution in [2.45, 2.75) is 25.3 Å². The predicted octanol–water partition coefficient (Wildman–Crippen LogP) is 2.18. The summed E-state index contributed by atoms with van der Waals surface area (Å²) in [5.41, 5.74) is 0.443. The fourth-order valence-corrected chi connectivity index (χ4v) is 2.29. The van der Waals surface area contributed by atoms with Gasteiger partial charge in [-0.05, 0) is 25.0 Å². The van der Waals surface area contributed by atoms with Crippen molar-refractivity contribution >= 4 is 11.6 Å². The fourth-order valence-electron chi connectivity index (χ4n) is 2.29. The Labute approximate surface area is 109 Å². The molecule has 1 atom stereocenters. The topological polar surface area (TPSA) is 32.3 Å². The van der Waals surface area contributed by atoms with Crippen LogP contribution >= 0.6 is 0 Å². The van der Waals surface area contributed by atoms with Gasteiger partial charge in [-0.2, -0.15) is 8.78 Å². The van der Waals surface area contributed by atoms with Gasteiger partial charge in [-0.1, -0.05) is 12.1 Å². The van der Waals surface area contributed by atoms with Crippen molar-refractivity contribution in [2.24, 2.45) is 0 Å². The number of hydrogen-bond acceptors (Lipinski definition) is 2. The number of anilines is 1. The van der Waals surface area contributed by atoms with Crippen molar-refractivity contribution in [3.8, 4) is 0 Å². The first-order valence-corrected chi connectivity index (χ1v) is 6.16. The van der Waals surface area contributed by atoms with Crippen molar-refractivity contribution < 1.29 is 18.0 Å². The van der Waals surface area contributed by atoms with E-state index in [2.05, 4.69) is 5.32 Å². The van der Waals surface area contributed by atoms with Gasteiger partial charge in [0.15, 0.2) is 0 Å². The molecule has 2 rings (SSSR count). The Balaban J connectivity index is 2.01. The van der Waals surface area contributed by atoms with Crippen molar-refractivity contribution in [1.82, 2.24) is 5.32 Å². The van der Waals surface area contributed by atoms with Crippen LogP contribution in [0, 0.1) is 5.82 Å². The molecule has 0 aliphatic carbocycles. The van der Waals surface area contributed by atoms with Gasteiger partial charge in [-0.25, -0.2) is 4.39 Å². The number of nitrogens with one attached hydrogen (secondary N) is 1. The molecule has 1 amide bonds. The Hall–Kier alpha value is -1.72. The second-order valence-electron chi connectivity index (χ2n) is 4.55. The molecule has 0 radical (unpaired) electrons. The second-order valence-corrected chi connectivity index (χ2v) is 4.55. The third-order valence-corrected chi connectivity index (χ3v) is 3.16. The molecule has 19 heavy (non-hydrogen) atoms. The molecule has 6 heteroatoms. The average molecular weight is 272 g/mol. The summed E-state index contributed by atoms with van der Waals surface area (Å²) in [4.78, 5) is 12.7. The summed E-state index contributed by atoms with van der Waals surface area (Å²) in [5, 5.41) is 2.28. The van der Waals surface area contributed by atoms with Crippen LogP contribution in [0.1, 0.15) is 12.8 Å². The van der Waals surface area contributed by atoms with E-state index in [0.29, 0.717) is 25.2 Å². The number of rotatable bonds is 3. The van der Waals surface area contributed by atoms with Crippen LogP contribution in [-0.2, 0) is 4.79 Å². The molecule has 104 valence electrons. The zero-order valence-corrected chi connectivity index (χ0v) is 10.3. The molecule has 1 aromatic rings. The highest BCUT2D eigenvalue weighted by atomic mass is 19.3. The van der Waals surface area contributed by atoms with Crippen molar-refractivity contribution in [3.63, 3.8) is 0 Å². The van der Waals surface area contributed by atoms with Gasteiger partial charge in [-0.3, -0.25) is 4.79 Å². The number of benzene rings is 1. The van der Waals surface area contributed by atoms with Gasteiger partial charge in [0.2, 0.25) is 0 Å². The van der Waals surface area contributed by atoms with Crippen LogP contribution in [-0.4, -0.2) is 31.5 Å². The van der Waals surface area contributed by atoms with Crippen LogP contribution in [0.4, 0.5) is 18.9 Å². The van der Waals surface area contributed by atoms with E-state index in [1.54, 1.807) is 23.1 Å². The van der Waals surface area contributed by atoms with Crippen LogP contribution in [0.5, 0.6) is 0 Å². The van der Waals surface area contributed by atoms with E-state index >= 15 is 0 Å². The normalized spacial score (nSPS) is 19.6. The minimum absolute atomic E-state index is 0.344. The van der Waals surface area contributed by atoms with Gasteiger partial charge < -0.3 is 10.2 Å². The molecule has 0 bridgehead atoms. The molecule has 0 spiro atoms. The third-order valence-electron chi connectivity index (χ3n) is 3.16.